The van der Waals surface area contributed by atoms with Gasteiger partial charge in [-0.15, -0.1) is 0 Å². The van der Waals surface area contributed by atoms with Crippen LogP contribution in [0.25, 0.3) is 11.3 Å². The van der Waals surface area contributed by atoms with Gasteiger partial charge in [0.25, 0.3) is 5.91 Å². The molecule has 0 aliphatic heterocycles. The van der Waals surface area contributed by atoms with E-state index < -0.39 is 11.7 Å². The number of halogens is 1. The molecule has 2 aromatic rings. The van der Waals surface area contributed by atoms with Crippen molar-refractivity contribution < 1.29 is 13.9 Å². The maximum atomic E-state index is 13.6. The van der Waals surface area contributed by atoms with Crippen LogP contribution in [-0.2, 0) is 0 Å². The van der Waals surface area contributed by atoms with Crippen LogP contribution in [0.2, 0.25) is 0 Å². The molecule has 5 nitrogen and oxygen atoms in total. The fourth-order valence-corrected chi connectivity index (χ4v) is 1.73. The van der Waals surface area contributed by atoms with Gasteiger partial charge in [-0.25, -0.2) is 4.39 Å². The van der Waals surface area contributed by atoms with Crippen LogP contribution in [0, 0.1) is 5.82 Å². The minimum absolute atomic E-state index is 0.119. The second kappa shape index (κ2) is 4.93. The zero-order valence-electron chi connectivity index (χ0n) is 10.2. The number of anilines is 1. The number of carbonyl (C=O) groups is 1. The number of ether oxygens (including phenoxy) is 1. The molecule has 0 fully saturated rings. The SMILES string of the molecule is COc1ccc(-c2nccc(C(N)=O)c2N)cc1F. The molecule has 0 atom stereocenters. The minimum atomic E-state index is -0.657. The molecule has 98 valence electrons. The highest BCUT2D eigenvalue weighted by atomic mass is 19.1. The van der Waals surface area contributed by atoms with Gasteiger partial charge >= 0.3 is 0 Å². The number of pyridine rings is 1. The molecule has 0 aliphatic carbocycles. The van der Waals surface area contributed by atoms with Gasteiger partial charge in [-0.1, -0.05) is 0 Å². The van der Waals surface area contributed by atoms with E-state index in [1.54, 1.807) is 6.07 Å². The number of nitrogens with zero attached hydrogens (tertiary/aromatic N) is 1. The van der Waals surface area contributed by atoms with Crippen LogP contribution in [0.4, 0.5) is 10.1 Å². The van der Waals surface area contributed by atoms with Crippen molar-refractivity contribution in [1.29, 1.82) is 0 Å². The van der Waals surface area contributed by atoms with E-state index in [0.29, 0.717) is 11.3 Å². The minimum Gasteiger partial charge on any atom is -0.494 e. The molecule has 4 N–H and O–H groups in total. The van der Waals surface area contributed by atoms with Crippen molar-refractivity contribution in [3.8, 4) is 17.0 Å². The van der Waals surface area contributed by atoms with Crippen molar-refractivity contribution in [2.75, 3.05) is 12.8 Å². The Balaban J connectivity index is 2.56. The topological polar surface area (TPSA) is 91.2 Å². The first-order valence-corrected chi connectivity index (χ1v) is 5.42. The lowest BCUT2D eigenvalue weighted by atomic mass is 10.1. The van der Waals surface area contributed by atoms with Crippen molar-refractivity contribution >= 4 is 11.6 Å². The van der Waals surface area contributed by atoms with Crippen LogP contribution in [0.3, 0.4) is 0 Å². The number of aromatic nitrogens is 1. The summed E-state index contributed by atoms with van der Waals surface area (Å²) in [5, 5.41) is 0. The van der Waals surface area contributed by atoms with Crippen LogP contribution in [0.1, 0.15) is 10.4 Å². The van der Waals surface area contributed by atoms with Gasteiger partial charge in [0.2, 0.25) is 0 Å². The van der Waals surface area contributed by atoms with E-state index in [1.165, 1.54) is 31.5 Å². The van der Waals surface area contributed by atoms with Crippen LogP contribution in [-0.4, -0.2) is 18.0 Å². The van der Waals surface area contributed by atoms with Crippen LogP contribution < -0.4 is 16.2 Å². The summed E-state index contributed by atoms with van der Waals surface area (Å²) >= 11 is 0. The van der Waals surface area contributed by atoms with Gasteiger partial charge in [0, 0.05) is 11.8 Å². The summed E-state index contributed by atoms with van der Waals surface area (Å²) < 4.78 is 18.5. The van der Waals surface area contributed by atoms with E-state index in [0.717, 1.165) is 0 Å². The lowest BCUT2D eigenvalue weighted by Gasteiger charge is -2.09. The number of hydrogen-bond donors (Lipinski definition) is 2. The maximum absolute atomic E-state index is 13.6. The molecule has 0 saturated carbocycles. The van der Waals surface area contributed by atoms with Crippen LogP contribution in [0.15, 0.2) is 30.5 Å². The van der Waals surface area contributed by atoms with E-state index in [4.69, 9.17) is 16.2 Å². The third kappa shape index (κ3) is 2.33. The average Bonchev–Trinajstić information content (AvgIpc) is 2.38. The van der Waals surface area contributed by atoms with Gasteiger partial charge < -0.3 is 16.2 Å². The van der Waals surface area contributed by atoms with E-state index >= 15 is 0 Å². The second-order valence-corrected chi connectivity index (χ2v) is 3.83. The molecule has 0 spiro atoms. The highest BCUT2D eigenvalue weighted by Gasteiger charge is 2.14. The Bertz CT molecular complexity index is 644. The molecule has 1 aromatic heterocycles. The molecule has 0 saturated heterocycles. The molecule has 1 heterocycles. The van der Waals surface area contributed by atoms with Crippen LogP contribution in [0.5, 0.6) is 5.75 Å². The largest absolute Gasteiger partial charge is 0.494 e. The normalized spacial score (nSPS) is 10.2. The highest BCUT2D eigenvalue weighted by Crippen LogP contribution is 2.29. The Morgan fingerprint density at radius 3 is 2.68 bits per heavy atom. The number of primary amides is 1. The summed E-state index contributed by atoms with van der Waals surface area (Å²) in [5.74, 6) is -1.07. The van der Waals surface area contributed by atoms with Crippen LogP contribution >= 0.6 is 0 Å². The van der Waals surface area contributed by atoms with E-state index in [2.05, 4.69) is 4.98 Å². The van der Waals surface area contributed by atoms with Crippen molar-refractivity contribution in [3.63, 3.8) is 0 Å². The molecule has 19 heavy (non-hydrogen) atoms. The summed E-state index contributed by atoms with van der Waals surface area (Å²) in [6, 6.07) is 5.72. The number of hydrogen-bond acceptors (Lipinski definition) is 4. The van der Waals surface area contributed by atoms with Gasteiger partial charge in [0.15, 0.2) is 11.6 Å². The number of benzene rings is 1. The summed E-state index contributed by atoms with van der Waals surface area (Å²) in [6.45, 7) is 0. The number of nitrogens with two attached hydrogens (primary N) is 2. The lowest BCUT2D eigenvalue weighted by molar-refractivity contribution is 0.100. The summed E-state index contributed by atoms with van der Waals surface area (Å²) in [5.41, 5.74) is 12.0. The number of amides is 1. The van der Waals surface area contributed by atoms with E-state index in [1.807, 2.05) is 0 Å². The molecule has 2 rings (SSSR count). The number of methoxy groups -OCH3 is 1. The molecule has 1 amide bonds. The summed E-state index contributed by atoms with van der Waals surface area (Å²) in [7, 11) is 1.37. The van der Waals surface area contributed by atoms with E-state index in [9.17, 15) is 9.18 Å². The Hall–Kier alpha value is -2.63. The first-order chi connectivity index (χ1) is 9.04. The Morgan fingerprint density at radius 1 is 1.37 bits per heavy atom. The first-order valence-electron chi connectivity index (χ1n) is 5.42. The standard InChI is InChI=1S/C13H12FN3O2/c1-19-10-3-2-7(6-9(10)14)12-11(15)8(13(16)18)4-5-17-12/h2-6H,15H2,1H3,(H2,16,18). The molecule has 0 aliphatic rings. The maximum Gasteiger partial charge on any atom is 0.250 e. The first kappa shape index (κ1) is 12.8. The second-order valence-electron chi connectivity index (χ2n) is 3.83. The highest BCUT2D eigenvalue weighted by molar-refractivity contribution is 6.00. The summed E-state index contributed by atoms with van der Waals surface area (Å²) in [4.78, 5) is 15.2. The van der Waals surface area contributed by atoms with Crippen molar-refractivity contribution in [2.45, 2.75) is 0 Å². The van der Waals surface area contributed by atoms with Gasteiger partial charge in [0.1, 0.15) is 0 Å². The molecule has 1 aromatic carbocycles. The van der Waals surface area contributed by atoms with Crippen molar-refractivity contribution in [3.05, 3.63) is 41.8 Å². The smallest absolute Gasteiger partial charge is 0.250 e. The van der Waals surface area contributed by atoms with Crippen molar-refractivity contribution in [2.24, 2.45) is 5.73 Å². The fraction of sp³-hybridized carbons (Fsp3) is 0.0769. The Morgan fingerprint density at radius 2 is 2.11 bits per heavy atom. The fourth-order valence-electron chi connectivity index (χ4n) is 1.73. The van der Waals surface area contributed by atoms with Gasteiger partial charge in [-0.2, -0.15) is 0 Å². The predicted molar refractivity (Wildman–Crippen MR) is 69.1 cm³/mol. The Kier molecular flexibility index (Phi) is 3.33. The van der Waals surface area contributed by atoms with Gasteiger partial charge in [-0.05, 0) is 24.3 Å². The van der Waals surface area contributed by atoms with E-state index in [-0.39, 0.29) is 17.0 Å². The predicted octanol–water partition coefficient (Wildman–Crippen LogP) is 1.58. The zero-order valence-corrected chi connectivity index (χ0v) is 10.2. The van der Waals surface area contributed by atoms with Gasteiger partial charge in [0.05, 0.1) is 24.1 Å². The molecular formula is C13H12FN3O2. The third-order valence-electron chi connectivity index (χ3n) is 2.68. The molecule has 6 heteroatoms. The lowest BCUT2D eigenvalue weighted by Crippen LogP contribution is -2.14. The van der Waals surface area contributed by atoms with Crippen molar-refractivity contribution in [1.82, 2.24) is 4.98 Å². The monoisotopic (exact) mass is 261 g/mol. The third-order valence-corrected chi connectivity index (χ3v) is 2.68. The number of nitrogen functional groups attached to an aromatic ring is 1. The molecule has 0 bridgehead atoms. The van der Waals surface area contributed by atoms with Gasteiger partial charge in [-0.3, -0.25) is 9.78 Å². The zero-order chi connectivity index (χ0) is 14.0. The summed E-state index contributed by atoms with van der Waals surface area (Å²) in [6.07, 6.45) is 1.40. The number of rotatable bonds is 3. The quantitative estimate of drug-likeness (QED) is 0.877. The Labute approximate surface area is 109 Å². The molecule has 0 radical (unpaired) electrons. The average molecular weight is 261 g/mol. The molecule has 0 unspecified atom stereocenters. The molecular weight excluding hydrogens is 249 g/mol. The number of carbonyl (C=O) groups excluding carboxylic acids is 1.